The molecule has 0 saturated heterocycles. The Balaban J connectivity index is 2.24. The van der Waals surface area contributed by atoms with Crippen molar-refractivity contribution in [3.05, 3.63) is 41.5 Å². The molecule has 0 fully saturated rings. The molecule has 3 N–H and O–H groups in total. The highest BCUT2D eigenvalue weighted by Crippen LogP contribution is 2.15. The first kappa shape index (κ1) is 12.0. The molecule has 18 heavy (non-hydrogen) atoms. The average Bonchev–Trinajstić information content (AvgIpc) is 2.61. The normalized spacial score (nSPS) is 10.4. The number of halogens is 2. The van der Waals surface area contributed by atoms with E-state index in [0.29, 0.717) is 5.82 Å². The maximum absolute atomic E-state index is 13.4. The van der Waals surface area contributed by atoms with E-state index in [9.17, 15) is 13.6 Å². The molecular weight excluding hydrogens is 242 g/mol. The van der Waals surface area contributed by atoms with Crippen LogP contribution >= 0.6 is 0 Å². The van der Waals surface area contributed by atoms with Gasteiger partial charge >= 0.3 is 0 Å². The molecule has 0 saturated carbocycles. The van der Waals surface area contributed by atoms with Crippen LogP contribution in [0.1, 0.15) is 10.4 Å². The first-order valence-corrected chi connectivity index (χ1v) is 5.04. The first-order valence-electron chi connectivity index (χ1n) is 5.04. The van der Waals surface area contributed by atoms with Gasteiger partial charge in [-0.15, -0.1) is 0 Å². The Hall–Kier alpha value is -2.44. The van der Waals surface area contributed by atoms with Crippen molar-refractivity contribution < 1.29 is 13.6 Å². The summed E-state index contributed by atoms with van der Waals surface area (Å²) in [6.45, 7) is 0. The molecule has 0 aliphatic rings. The molecule has 0 atom stereocenters. The average molecular weight is 252 g/mol. The molecular formula is C11H10F2N4O. The van der Waals surface area contributed by atoms with Gasteiger partial charge in [-0.05, 0) is 12.1 Å². The lowest BCUT2D eigenvalue weighted by Crippen LogP contribution is -2.15. The molecule has 7 heteroatoms. The van der Waals surface area contributed by atoms with Crippen molar-refractivity contribution in [1.29, 1.82) is 0 Å². The third kappa shape index (κ3) is 2.15. The van der Waals surface area contributed by atoms with Gasteiger partial charge in [0.1, 0.15) is 5.82 Å². The highest BCUT2D eigenvalue weighted by atomic mass is 19.2. The van der Waals surface area contributed by atoms with E-state index in [1.807, 2.05) is 0 Å². The SMILES string of the molecule is Cn1nc(NC(=O)c2cccc(F)c2F)cc1N. The summed E-state index contributed by atoms with van der Waals surface area (Å²) in [7, 11) is 1.59. The lowest BCUT2D eigenvalue weighted by Gasteiger charge is -2.03. The first-order chi connectivity index (χ1) is 8.49. The number of anilines is 2. The summed E-state index contributed by atoms with van der Waals surface area (Å²) in [5, 5.41) is 6.20. The number of nitrogens with two attached hydrogens (primary N) is 1. The number of nitrogens with one attached hydrogen (secondary N) is 1. The zero-order chi connectivity index (χ0) is 13.3. The smallest absolute Gasteiger partial charge is 0.259 e. The number of aromatic nitrogens is 2. The van der Waals surface area contributed by atoms with E-state index >= 15 is 0 Å². The minimum absolute atomic E-state index is 0.170. The van der Waals surface area contributed by atoms with E-state index in [4.69, 9.17) is 5.73 Å². The fraction of sp³-hybridized carbons (Fsp3) is 0.0909. The summed E-state index contributed by atoms with van der Waals surface area (Å²) in [5.74, 6) is -2.55. The summed E-state index contributed by atoms with van der Waals surface area (Å²) in [6.07, 6.45) is 0. The van der Waals surface area contributed by atoms with Gasteiger partial charge in [0.05, 0.1) is 5.56 Å². The van der Waals surface area contributed by atoms with Crippen molar-refractivity contribution in [3.63, 3.8) is 0 Å². The Morgan fingerprint density at radius 1 is 1.44 bits per heavy atom. The van der Waals surface area contributed by atoms with Crippen LogP contribution in [0, 0.1) is 11.6 Å². The zero-order valence-electron chi connectivity index (χ0n) is 9.45. The number of nitrogen functional groups attached to an aromatic ring is 1. The van der Waals surface area contributed by atoms with Crippen molar-refractivity contribution in [2.75, 3.05) is 11.1 Å². The van der Waals surface area contributed by atoms with Crippen LogP contribution in [-0.4, -0.2) is 15.7 Å². The zero-order valence-corrected chi connectivity index (χ0v) is 9.45. The number of rotatable bonds is 2. The van der Waals surface area contributed by atoms with Crippen LogP contribution in [0.15, 0.2) is 24.3 Å². The van der Waals surface area contributed by atoms with Crippen molar-refractivity contribution in [3.8, 4) is 0 Å². The Labute approximate surface area is 101 Å². The Kier molecular flexibility index (Phi) is 2.97. The van der Waals surface area contributed by atoms with Crippen LogP contribution in [0.25, 0.3) is 0 Å². The van der Waals surface area contributed by atoms with Gasteiger partial charge in [-0.25, -0.2) is 8.78 Å². The van der Waals surface area contributed by atoms with Crippen molar-refractivity contribution in [2.45, 2.75) is 0 Å². The maximum atomic E-state index is 13.4. The van der Waals surface area contributed by atoms with Crippen LogP contribution in [0.2, 0.25) is 0 Å². The number of amides is 1. The summed E-state index contributed by atoms with van der Waals surface area (Å²) >= 11 is 0. The van der Waals surface area contributed by atoms with E-state index in [1.165, 1.54) is 22.9 Å². The lowest BCUT2D eigenvalue weighted by molar-refractivity contribution is 0.102. The van der Waals surface area contributed by atoms with Gasteiger partial charge in [-0.1, -0.05) is 6.07 Å². The highest BCUT2D eigenvalue weighted by Gasteiger charge is 2.16. The predicted molar refractivity (Wildman–Crippen MR) is 61.9 cm³/mol. The maximum Gasteiger partial charge on any atom is 0.259 e. The van der Waals surface area contributed by atoms with E-state index in [0.717, 1.165) is 6.07 Å². The summed E-state index contributed by atoms with van der Waals surface area (Å²) in [6, 6.07) is 4.78. The number of carbonyl (C=O) groups is 1. The third-order valence-electron chi connectivity index (χ3n) is 2.35. The molecule has 0 aliphatic carbocycles. The van der Waals surface area contributed by atoms with E-state index in [2.05, 4.69) is 10.4 Å². The van der Waals surface area contributed by atoms with Gasteiger partial charge in [-0.2, -0.15) is 5.10 Å². The topological polar surface area (TPSA) is 72.9 Å². The third-order valence-corrected chi connectivity index (χ3v) is 2.35. The molecule has 5 nitrogen and oxygen atoms in total. The molecule has 2 rings (SSSR count). The van der Waals surface area contributed by atoms with Crippen LogP contribution in [-0.2, 0) is 7.05 Å². The minimum atomic E-state index is -1.20. The van der Waals surface area contributed by atoms with Gasteiger partial charge in [-0.3, -0.25) is 9.48 Å². The van der Waals surface area contributed by atoms with Crippen molar-refractivity contribution in [2.24, 2.45) is 7.05 Å². The molecule has 0 bridgehead atoms. The molecule has 0 aliphatic heterocycles. The molecule has 0 spiro atoms. The van der Waals surface area contributed by atoms with Gasteiger partial charge in [0, 0.05) is 13.1 Å². The molecule has 1 heterocycles. The number of nitrogens with zero attached hydrogens (tertiary/aromatic N) is 2. The van der Waals surface area contributed by atoms with Crippen molar-refractivity contribution in [1.82, 2.24) is 9.78 Å². The Bertz CT molecular complexity index is 590. The van der Waals surface area contributed by atoms with Gasteiger partial charge in [0.25, 0.3) is 5.91 Å². The van der Waals surface area contributed by atoms with E-state index in [-0.39, 0.29) is 11.4 Å². The quantitative estimate of drug-likeness (QED) is 0.851. The number of carbonyl (C=O) groups excluding carboxylic acids is 1. The van der Waals surface area contributed by atoms with Crippen LogP contribution in [0.5, 0.6) is 0 Å². The van der Waals surface area contributed by atoms with Crippen LogP contribution < -0.4 is 11.1 Å². The van der Waals surface area contributed by atoms with Gasteiger partial charge in [0.2, 0.25) is 0 Å². The summed E-state index contributed by atoms with van der Waals surface area (Å²) in [4.78, 5) is 11.7. The molecule has 2 aromatic rings. The predicted octanol–water partition coefficient (Wildman–Crippen LogP) is 1.53. The highest BCUT2D eigenvalue weighted by molar-refractivity contribution is 6.04. The van der Waals surface area contributed by atoms with E-state index in [1.54, 1.807) is 7.05 Å². The number of benzene rings is 1. The largest absolute Gasteiger partial charge is 0.384 e. The van der Waals surface area contributed by atoms with Gasteiger partial charge < -0.3 is 11.1 Å². The van der Waals surface area contributed by atoms with Crippen LogP contribution in [0.4, 0.5) is 20.4 Å². The number of hydrogen-bond donors (Lipinski definition) is 2. The van der Waals surface area contributed by atoms with E-state index < -0.39 is 17.5 Å². The molecule has 0 unspecified atom stereocenters. The van der Waals surface area contributed by atoms with Gasteiger partial charge in [0.15, 0.2) is 17.5 Å². The molecule has 1 amide bonds. The van der Waals surface area contributed by atoms with Crippen molar-refractivity contribution >= 4 is 17.5 Å². The number of hydrogen-bond acceptors (Lipinski definition) is 3. The summed E-state index contributed by atoms with van der Waals surface area (Å²) in [5.41, 5.74) is 5.13. The minimum Gasteiger partial charge on any atom is -0.384 e. The standard InChI is InChI=1S/C11H10F2N4O/c1-17-8(14)5-9(16-17)15-11(18)6-3-2-4-7(12)10(6)13/h2-5H,14H2,1H3,(H,15,16,18). The molecule has 94 valence electrons. The number of aryl methyl sites for hydroxylation is 1. The molecule has 1 aromatic heterocycles. The van der Waals surface area contributed by atoms with Crippen LogP contribution in [0.3, 0.4) is 0 Å². The fourth-order valence-corrected chi connectivity index (χ4v) is 1.41. The Morgan fingerprint density at radius 2 is 2.17 bits per heavy atom. The summed E-state index contributed by atoms with van der Waals surface area (Å²) < 4.78 is 27.6. The second-order valence-corrected chi connectivity index (χ2v) is 3.63. The fourth-order valence-electron chi connectivity index (χ4n) is 1.41. The lowest BCUT2D eigenvalue weighted by atomic mass is 10.2. The second-order valence-electron chi connectivity index (χ2n) is 3.63. The molecule has 1 aromatic carbocycles. The molecule has 0 radical (unpaired) electrons. The monoisotopic (exact) mass is 252 g/mol. The Morgan fingerprint density at radius 3 is 2.78 bits per heavy atom. The second kappa shape index (κ2) is 4.44.